The zero-order valence-electron chi connectivity index (χ0n) is 16.5. The van der Waals surface area contributed by atoms with Crippen LogP contribution < -0.4 is 4.74 Å². The molecule has 1 aromatic carbocycles. The number of aromatic nitrogens is 4. The average molecular weight is 416 g/mol. The Balaban J connectivity index is 1.36. The third-order valence-corrected chi connectivity index (χ3v) is 5.85. The molecule has 3 heterocycles. The highest BCUT2D eigenvalue weighted by atomic mass is 19.3. The van der Waals surface area contributed by atoms with Crippen LogP contribution in [0.1, 0.15) is 48.7 Å². The van der Waals surface area contributed by atoms with Crippen LogP contribution in [0, 0.1) is 0 Å². The van der Waals surface area contributed by atoms with Crippen LogP contribution in [0.4, 0.5) is 8.78 Å². The summed E-state index contributed by atoms with van der Waals surface area (Å²) in [4.78, 5) is 4.49. The first-order chi connectivity index (χ1) is 14.4. The summed E-state index contributed by atoms with van der Waals surface area (Å²) < 4.78 is 40.0. The number of alkyl halides is 2. The molecule has 0 radical (unpaired) electrons. The van der Waals surface area contributed by atoms with Crippen LogP contribution in [0.5, 0.6) is 5.75 Å². The molecule has 1 aliphatic heterocycles. The molecule has 1 fully saturated rings. The highest BCUT2D eigenvalue weighted by Crippen LogP contribution is 2.41. The maximum atomic E-state index is 13.6. The van der Waals surface area contributed by atoms with Crippen LogP contribution in [0.2, 0.25) is 0 Å². The highest BCUT2D eigenvalue weighted by Gasteiger charge is 2.47. The lowest BCUT2D eigenvalue weighted by atomic mass is 10.00. The summed E-state index contributed by atoms with van der Waals surface area (Å²) in [5.41, 5.74) is 3.73. The van der Waals surface area contributed by atoms with Crippen molar-refractivity contribution >= 4 is 10.9 Å². The van der Waals surface area contributed by atoms with Crippen LogP contribution in [0.15, 0.2) is 30.6 Å². The fraction of sp³-hybridized carbons (Fsp3) is 0.476. The van der Waals surface area contributed by atoms with Gasteiger partial charge in [0.1, 0.15) is 17.5 Å². The first kappa shape index (κ1) is 19.3. The summed E-state index contributed by atoms with van der Waals surface area (Å²) in [7, 11) is 0. The molecule has 0 amide bonds. The van der Waals surface area contributed by atoms with Crippen molar-refractivity contribution in [3.63, 3.8) is 0 Å². The molecular formula is C21H22F2N4O3. The first-order valence-electron chi connectivity index (χ1n) is 10.0. The van der Waals surface area contributed by atoms with E-state index in [0.29, 0.717) is 24.7 Å². The van der Waals surface area contributed by atoms with Crippen molar-refractivity contribution < 1.29 is 23.4 Å². The Morgan fingerprint density at radius 2 is 2.20 bits per heavy atom. The highest BCUT2D eigenvalue weighted by molar-refractivity contribution is 5.84. The summed E-state index contributed by atoms with van der Waals surface area (Å²) >= 11 is 0. The van der Waals surface area contributed by atoms with Crippen LogP contribution in [-0.2, 0) is 17.8 Å². The van der Waals surface area contributed by atoms with Crippen molar-refractivity contribution in [3.05, 3.63) is 47.4 Å². The molecule has 7 nitrogen and oxygen atoms in total. The Kier molecular flexibility index (Phi) is 4.67. The summed E-state index contributed by atoms with van der Waals surface area (Å²) in [5, 5.41) is 19.0. The molecular weight excluding hydrogens is 394 g/mol. The van der Waals surface area contributed by atoms with Gasteiger partial charge >= 0.3 is 0 Å². The smallest absolute Gasteiger partial charge is 0.252 e. The molecule has 9 heteroatoms. The first-order valence-corrected chi connectivity index (χ1v) is 10.0. The Hall–Kier alpha value is -2.65. The molecule has 0 bridgehead atoms. The van der Waals surface area contributed by atoms with Crippen molar-refractivity contribution in [1.82, 2.24) is 20.0 Å². The van der Waals surface area contributed by atoms with Gasteiger partial charge in [0.05, 0.1) is 37.1 Å². The van der Waals surface area contributed by atoms with Gasteiger partial charge in [-0.15, -0.1) is 5.10 Å². The fourth-order valence-electron chi connectivity index (χ4n) is 4.26. The molecule has 1 saturated carbocycles. The van der Waals surface area contributed by atoms with E-state index in [-0.39, 0.29) is 0 Å². The standard InChI is InChI=1S/C21H22F2N4O3/c1-12(18-10-27(26-25-18)19-7-21(22,23)8-20(19)28)30-14-2-3-17-16(6-14)15-4-5-29-11-13(15)9-24-17/h2-3,6,9-10,12,19-20,28H,4-5,7-8,11H2,1H3/t12-,19?,20?/m1/s1. The van der Waals surface area contributed by atoms with Gasteiger partial charge in [0, 0.05) is 24.4 Å². The molecule has 2 unspecified atom stereocenters. The largest absolute Gasteiger partial charge is 0.484 e. The Morgan fingerprint density at radius 3 is 3.00 bits per heavy atom. The van der Waals surface area contributed by atoms with E-state index in [0.717, 1.165) is 22.9 Å². The maximum absolute atomic E-state index is 13.6. The van der Waals surface area contributed by atoms with Crippen LogP contribution in [0.3, 0.4) is 0 Å². The van der Waals surface area contributed by atoms with E-state index in [2.05, 4.69) is 15.3 Å². The minimum absolute atomic E-state index is 0.439. The van der Waals surface area contributed by atoms with Gasteiger partial charge in [-0.25, -0.2) is 13.5 Å². The van der Waals surface area contributed by atoms with E-state index in [1.165, 1.54) is 10.2 Å². The Bertz CT molecular complexity index is 1090. The molecule has 2 aliphatic rings. The van der Waals surface area contributed by atoms with E-state index in [4.69, 9.17) is 9.47 Å². The summed E-state index contributed by atoms with van der Waals surface area (Å²) in [6.45, 7) is 3.07. The molecule has 0 saturated heterocycles. The van der Waals surface area contributed by atoms with Crippen molar-refractivity contribution in [2.75, 3.05) is 6.61 Å². The second-order valence-corrected chi connectivity index (χ2v) is 8.03. The molecule has 2 aromatic heterocycles. The predicted octanol–water partition coefficient (Wildman–Crippen LogP) is 3.37. The van der Waals surface area contributed by atoms with Crippen LogP contribution in [0.25, 0.3) is 10.9 Å². The van der Waals surface area contributed by atoms with E-state index < -0.39 is 37.0 Å². The summed E-state index contributed by atoms with van der Waals surface area (Å²) in [6.07, 6.45) is 1.68. The van der Waals surface area contributed by atoms with Gasteiger partial charge in [-0.2, -0.15) is 0 Å². The van der Waals surface area contributed by atoms with Crippen molar-refractivity contribution in [2.45, 2.75) is 57.0 Å². The van der Waals surface area contributed by atoms with E-state index in [9.17, 15) is 13.9 Å². The number of benzene rings is 1. The minimum atomic E-state index is -2.89. The van der Waals surface area contributed by atoms with Crippen molar-refractivity contribution in [2.24, 2.45) is 0 Å². The number of fused-ring (bicyclic) bond motifs is 3. The molecule has 3 atom stereocenters. The lowest BCUT2D eigenvalue weighted by molar-refractivity contribution is -0.00386. The van der Waals surface area contributed by atoms with Gasteiger partial charge in [0.2, 0.25) is 0 Å². The van der Waals surface area contributed by atoms with E-state index in [1.54, 1.807) is 6.20 Å². The Labute approximate surface area is 171 Å². The number of hydrogen-bond donors (Lipinski definition) is 1. The molecule has 3 aromatic rings. The average Bonchev–Trinajstić information content (AvgIpc) is 3.31. The van der Waals surface area contributed by atoms with Gasteiger partial charge < -0.3 is 14.6 Å². The molecule has 1 N–H and O–H groups in total. The number of aliphatic hydroxyl groups is 1. The third kappa shape index (κ3) is 3.52. The van der Waals surface area contributed by atoms with Crippen LogP contribution >= 0.6 is 0 Å². The number of pyridine rings is 1. The number of aliphatic hydroxyl groups excluding tert-OH is 1. The number of hydrogen-bond acceptors (Lipinski definition) is 6. The van der Waals surface area contributed by atoms with Crippen LogP contribution in [-0.4, -0.2) is 43.7 Å². The Morgan fingerprint density at radius 1 is 1.33 bits per heavy atom. The summed E-state index contributed by atoms with van der Waals surface area (Å²) in [5.74, 6) is -2.22. The fourth-order valence-corrected chi connectivity index (χ4v) is 4.26. The SMILES string of the molecule is C[C@@H](Oc1ccc2ncc3c(c2c1)CCOC3)c1cn(C2CC(F)(F)CC2O)nn1. The zero-order chi connectivity index (χ0) is 20.9. The van der Waals surface area contributed by atoms with Gasteiger partial charge in [0.25, 0.3) is 5.92 Å². The quantitative estimate of drug-likeness (QED) is 0.702. The number of ether oxygens (including phenoxy) is 2. The minimum Gasteiger partial charge on any atom is -0.484 e. The molecule has 30 heavy (non-hydrogen) atoms. The number of nitrogens with zero attached hydrogens (tertiary/aromatic N) is 4. The predicted molar refractivity (Wildman–Crippen MR) is 103 cm³/mol. The molecule has 1 aliphatic carbocycles. The van der Waals surface area contributed by atoms with Gasteiger partial charge in [-0.3, -0.25) is 4.98 Å². The second-order valence-electron chi connectivity index (χ2n) is 8.03. The van der Waals surface area contributed by atoms with Gasteiger partial charge in [0.15, 0.2) is 0 Å². The van der Waals surface area contributed by atoms with Gasteiger partial charge in [-0.1, -0.05) is 5.21 Å². The third-order valence-electron chi connectivity index (χ3n) is 5.85. The molecule has 158 valence electrons. The van der Waals surface area contributed by atoms with Crippen molar-refractivity contribution in [3.8, 4) is 5.75 Å². The van der Waals surface area contributed by atoms with E-state index in [1.807, 2.05) is 31.3 Å². The monoisotopic (exact) mass is 416 g/mol. The normalized spacial score (nSPS) is 24.0. The number of halogens is 2. The number of rotatable bonds is 4. The van der Waals surface area contributed by atoms with E-state index >= 15 is 0 Å². The van der Waals surface area contributed by atoms with Crippen molar-refractivity contribution in [1.29, 1.82) is 0 Å². The van der Waals surface area contributed by atoms with Gasteiger partial charge in [-0.05, 0) is 42.7 Å². The topological polar surface area (TPSA) is 82.3 Å². The lowest BCUT2D eigenvalue weighted by Gasteiger charge is -2.19. The maximum Gasteiger partial charge on any atom is 0.252 e. The second kappa shape index (κ2) is 7.24. The lowest BCUT2D eigenvalue weighted by Crippen LogP contribution is -2.18. The zero-order valence-corrected chi connectivity index (χ0v) is 16.5. The molecule has 0 spiro atoms. The summed E-state index contributed by atoms with van der Waals surface area (Å²) in [6, 6.07) is 4.95. The molecule has 5 rings (SSSR count).